The molecule has 0 radical (unpaired) electrons. The highest BCUT2D eigenvalue weighted by Crippen LogP contribution is 2.12. The van der Waals surface area contributed by atoms with E-state index in [4.69, 9.17) is 0 Å². The lowest BCUT2D eigenvalue weighted by Gasteiger charge is -2.24. The molecule has 1 aromatic heterocycles. The van der Waals surface area contributed by atoms with Crippen molar-refractivity contribution in [3.05, 3.63) is 77.5 Å². The standard InChI is InChI=1S/C26H31BN4O5/c1-16(2)14-23(27(35)36)31-26(34)22(15-28-24(32)19-10-8-17(3)9-11-19)30-25(33)21-13-12-18-6-4-5-7-20(18)29-21/h4-13,16,22-23,35-36H,14-15H2,1-3H3,(H,28,32)(H,30,33)(H,31,34)/t22-,23-/m0/s1. The summed E-state index contributed by atoms with van der Waals surface area (Å²) in [4.78, 5) is 43.0. The number of benzene rings is 2. The lowest BCUT2D eigenvalue weighted by molar-refractivity contribution is -0.123. The Bertz CT molecular complexity index is 1220. The van der Waals surface area contributed by atoms with E-state index in [1.165, 1.54) is 0 Å². The summed E-state index contributed by atoms with van der Waals surface area (Å²) in [5.74, 6) is -2.54. The maximum absolute atomic E-state index is 13.1. The molecule has 0 aliphatic heterocycles. The number of hydrogen-bond acceptors (Lipinski definition) is 6. The minimum Gasteiger partial charge on any atom is -0.426 e. The molecule has 0 unspecified atom stereocenters. The monoisotopic (exact) mass is 490 g/mol. The molecule has 0 saturated heterocycles. The van der Waals surface area contributed by atoms with Gasteiger partial charge in [-0.3, -0.25) is 14.4 Å². The van der Waals surface area contributed by atoms with E-state index in [2.05, 4.69) is 20.9 Å². The number of carbonyl (C=O) groups excluding carboxylic acids is 3. The number of amides is 3. The van der Waals surface area contributed by atoms with E-state index in [1.54, 1.807) is 42.5 Å². The van der Waals surface area contributed by atoms with Crippen molar-refractivity contribution in [1.82, 2.24) is 20.9 Å². The van der Waals surface area contributed by atoms with Crippen molar-refractivity contribution in [3.8, 4) is 0 Å². The summed E-state index contributed by atoms with van der Waals surface area (Å²) in [6, 6.07) is 16.4. The SMILES string of the molecule is Cc1ccc(C(=O)NC[C@H](NC(=O)c2ccc3ccccc3n2)C(=O)N[C@@H](CC(C)C)B(O)O)cc1. The molecule has 0 aliphatic rings. The first-order chi connectivity index (χ1) is 17.1. The van der Waals surface area contributed by atoms with E-state index in [9.17, 15) is 24.4 Å². The van der Waals surface area contributed by atoms with E-state index in [-0.39, 0.29) is 18.2 Å². The van der Waals surface area contributed by atoms with Gasteiger partial charge in [-0.1, -0.05) is 55.8 Å². The van der Waals surface area contributed by atoms with Crippen LogP contribution in [0.1, 0.15) is 46.7 Å². The van der Waals surface area contributed by atoms with Crippen LogP contribution in [0.2, 0.25) is 0 Å². The second-order valence-corrected chi connectivity index (χ2v) is 9.15. The average Bonchev–Trinajstić information content (AvgIpc) is 2.85. The van der Waals surface area contributed by atoms with E-state index in [0.717, 1.165) is 10.9 Å². The van der Waals surface area contributed by atoms with Crippen LogP contribution in [0.3, 0.4) is 0 Å². The summed E-state index contributed by atoms with van der Waals surface area (Å²) in [7, 11) is -1.78. The smallest absolute Gasteiger partial charge is 0.426 e. The normalized spacial score (nSPS) is 12.6. The number of aryl methyl sites for hydroxylation is 1. The van der Waals surface area contributed by atoms with Crippen LogP contribution in [0.15, 0.2) is 60.7 Å². The van der Waals surface area contributed by atoms with E-state index in [0.29, 0.717) is 17.5 Å². The zero-order valence-electron chi connectivity index (χ0n) is 20.6. The maximum Gasteiger partial charge on any atom is 0.475 e. The van der Waals surface area contributed by atoms with Crippen LogP contribution in [0.4, 0.5) is 0 Å². The van der Waals surface area contributed by atoms with Gasteiger partial charge in [0.1, 0.15) is 11.7 Å². The maximum atomic E-state index is 13.1. The third-order valence-electron chi connectivity index (χ3n) is 5.65. The van der Waals surface area contributed by atoms with Gasteiger partial charge < -0.3 is 26.0 Å². The van der Waals surface area contributed by atoms with Crippen LogP contribution < -0.4 is 16.0 Å². The van der Waals surface area contributed by atoms with Crippen LogP contribution in [0.25, 0.3) is 10.9 Å². The van der Waals surface area contributed by atoms with Gasteiger partial charge in [-0.05, 0) is 43.5 Å². The molecule has 2 aromatic carbocycles. The van der Waals surface area contributed by atoms with E-state index >= 15 is 0 Å². The molecule has 3 aromatic rings. The van der Waals surface area contributed by atoms with Crippen molar-refractivity contribution in [1.29, 1.82) is 0 Å². The molecule has 36 heavy (non-hydrogen) atoms. The Kier molecular flexibility index (Phi) is 9.16. The summed E-state index contributed by atoms with van der Waals surface area (Å²) in [6.07, 6.45) is 0.312. The zero-order chi connectivity index (χ0) is 26.2. The van der Waals surface area contributed by atoms with Crippen molar-refractivity contribution >= 4 is 35.7 Å². The average molecular weight is 490 g/mol. The predicted octanol–water partition coefficient (Wildman–Crippen LogP) is 1.61. The fourth-order valence-corrected chi connectivity index (χ4v) is 3.68. The summed E-state index contributed by atoms with van der Waals surface area (Å²) >= 11 is 0. The lowest BCUT2D eigenvalue weighted by atomic mass is 9.75. The molecule has 3 rings (SSSR count). The van der Waals surface area contributed by atoms with Crippen molar-refractivity contribution in [3.63, 3.8) is 0 Å². The number of fused-ring (bicyclic) bond motifs is 1. The van der Waals surface area contributed by atoms with Gasteiger partial charge in [0.15, 0.2) is 0 Å². The first-order valence-corrected chi connectivity index (χ1v) is 11.8. The van der Waals surface area contributed by atoms with Crippen LogP contribution in [0, 0.1) is 12.8 Å². The molecular formula is C26H31BN4O5. The summed E-state index contributed by atoms with van der Waals surface area (Å²) in [5.41, 5.74) is 2.14. The number of nitrogens with zero attached hydrogens (tertiary/aromatic N) is 1. The second kappa shape index (κ2) is 12.3. The van der Waals surface area contributed by atoms with Gasteiger partial charge in [0.05, 0.1) is 11.5 Å². The van der Waals surface area contributed by atoms with Gasteiger partial charge in [0.2, 0.25) is 5.91 Å². The highest BCUT2D eigenvalue weighted by molar-refractivity contribution is 6.43. The Morgan fingerprint density at radius 3 is 2.28 bits per heavy atom. The minimum atomic E-state index is -1.78. The topological polar surface area (TPSA) is 141 Å². The van der Waals surface area contributed by atoms with Crippen LogP contribution >= 0.6 is 0 Å². The number of hydrogen-bond donors (Lipinski definition) is 5. The number of rotatable bonds is 10. The molecule has 5 N–H and O–H groups in total. The summed E-state index contributed by atoms with van der Waals surface area (Å²) < 4.78 is 0. The van der Waals surface area contributed by atoms with Crippen molar-refractivity contribution in [2.75, 3.05) is 6.54 Å². The summed E-state index contributed by atoms with van der Waals surface area (Å²) in [5, 5.41) is 28.2. The van der Waals surface area contributed by atoms with Crippen molar-refractivity contribution in [2.45, 2.75) is 39.2 Å². The number of para-hydroxylation sites is 1. The first kappa shape index (κ1) is 26.8. The third-order valence-corrected chi connectivity index (χ3v) is 5.65. The van der Waals surface area contributed by atoms with Gasteiger partial charge in [-0.25, -0.2) is 4.98 Å². The molecule has 10 heteroatoms. The molecule has 0 saturated carbocycles. The number of carbonyl (C=O) groups is 3. The number of aromatic nitrogens is 1. The molecule has 3 amide bonds. The van der Waals surface area contributed by atoms with E-state index in [1.807, 2.05) is 39.0 Å². The molecule has 0 bridgehead atoms. The van der Waals surface area contributed by atoms with Crippen LogP contribution in [-0.4, -0.2) is 58.4 Å². The number of nitrogens with one attached hydrogen (secondary N) is 3. The quantitative estimate of drug-likeness (QED) is 0.274. The molecule has 0 spiro atoms. The zero-order valence-corrected chi connectivity index (χ0v) is 20.6. The molecule has 0 aliphatic carbocycles. The first-order valence-electron chi connectivity index (χ1n) is 11.8. The molecule has 9 nitrogen and oxygen atoms in total. The van der Waals surface area contributed by atoms with Gasteiger partial charge >= 0.3 is 7.12 Å². The molecule has 1 heterocycles. The van der Waals surface area contributed by atoms with Gasteiger partial charge in [0.25, 0.3) is 11.8 Å². The van der Waals surface area contributed by atoms with Crippen molar-refractivity contribution < 1.29 is 24.4 Å². The largest absolute Gasteiger partial charge is 0.475 e. The minimum absolute atomic E-state index is 0.0770. The molecular weight excluding hydrogens is 459 g/mol. The van der Waals surface area contributed by atoms with Crippen LogP contribution in [-0.2, 0) is 4.79 Å². The Morgan fingerprint density at radius 1 is 0.917 bits per heavy atom. The number of pyridine rings is 1. The highest BCUT2D eigenvalue weighted by Gasteiger charge is 2.30. The third kappa shape index (κ3) is 7.37. The molecule has 2 atom stereocenters. The fourth-order valence-electron chi connectivity index (χ4n) is 3.68. The van der Waals surface area contributed by atoms with E-state index < -0.39 is 36.8 Å². The molecule has 188 valence electrons. The highest BCUT2D eigenvalue weighted by atomic mass is 16.4. The Labute approximate surface area is 210 Å². The second-order valence-electron chi connectivity index (χ2n) is 9.15. The van der Waals surface area contributed by atoms with Gasteiger partial charge in [0, 0.05) is 17.5 Å². The fraction of sp³-hybridized carbons (Fsp3) is 0.308. The van der Waals surface area contributed by atoms with Crippen LogP contribution in [0.5, 0.6) is 0 Å². The Hall–Kier alpha value is -3.76. The predicted molar refractivity (Wildman–Crippen MR) is 138 cm³/mol. The molecule has 0 fully saturated rings. The van der Waals surface area contributed by atoms with Gasteiger partial charge in [-0.15, -0.1) is 0 Å². The van der Waals surface area contributed by atoms with Gasteiger partial charge in [-0.2, -0.15) is 0 Å². The lowest BCUT2D eigenvalue weighted by Crippen LogP contribution is -2.57. The van der Waals surface area contributed by atoms with Crippen molar-refractivity contribution in [2.24, 2.45) is 5.92 Å². The Morgan fingerprint density at radius 2 is 1.61 bits per heavy atom. The Balaban J connectivity index is 1.78. The summed E-state index contributed by atoms with van der Waals surface area (Å²) in [6.45, 7) is 5.46.